The van der Waals surface area contributed by atoms with Crippen LogP contribution in [0.15, 0.2) is 18.2 Å². The molecule has 0 heterocycles. The topological polar surface area (TPSA) is 83.8 Å². The molecule has 102 valence electrons. The molecule has 0 saturated heterocycles. The summed E-state index contributed by atoms with van der Waals surface area (Å²) in [5.74, 6) is -2.29. The Morgan fingerprint density at radius 3 is 2.53 bits per heavy atom. The van der Waals surface area contributed by atoms with Crippen LogP contribution in [0.2, 0.25) is 0 Å². The highest BCUT2D eigenvalue weighted by atomic mass is 16.5. The maximum Gasteiger partial charge on any atom is 0.315 e. The zero-order valence-corrected chi connectivity index (χ0v) is 10.8. The molecule has 1 aromatic carbocycles. The highest BCUT2D eigenvalue weighted by Crippen LogP contribution is 2.55. The Kier molecular flexibility index (Phi) is 3.22. The maximum absolute atomic E-state index is 11.4. The van der Waals surface area contributed by atoms with Gasteiger partial charge in [0.05, 0.1) is 12.5 Å². The van der Waals surface area contributed by atoms with E-state index in [0.717, 1.165) is 5.56 Å². The smallest absolute Gasteiger partial charge is 0.315 e. The fourth-order valence-electron chi connectivity index (χ4n) is 2.48. The van der Waals surface area contributed by atoms with E-state index in [-0.39, 0.29) is 6.42 Å². The molecule has 0 aliphatic heterocycles. The average molecular weight is 264 g/mol. The van der Waals surface area contributed by atoms with E-state index in [2.05, 4.69) is 0 Å². The quantitative estimate of drug-likeness (QED) is 0.847. The van der Waals surface area contributed by atoms with E-state index in [1.165, 1.54) is 0 Å². The Balaban J connectivity index is 2.38. The van der Waals surface area contributed by atoms with Gasteiger partial charge in [-0.15, -0.1) is 0 Å². The summed E-state index contributed by atoms with van der Waals surface area (Å²) < 4.78 is 5.40. The minimum Gasteiger partial charge on any atom is -0.494 e. The first-order valence-corrected chi connectivity index (χ1v) is 6.13. The van der Waals surface area contributed by atoms with Gasteiger partial charge in [-0.1, -0.05) is 12.1 Å². The molecule has 0 amide bonds. The highest BCUT2D eigenvalue weighted by Gasteiger charge is 2.65. The van der Waals surface area contributed by atoms with Crippen LogP contribution in [0.25, 0.3) is 0 Å². The predicted octanol–water partition coefficient (Wildman–Crippen LogP) is 1.82. The van der Waals surface area contributed by atoms with Gasteiger partial charge in [0.15, 0.2) is 0 Å². The molecule has 0 spiro atoms. The van der Waals surface area contributed by atoms with Crippen LogP contribution in [0.3, 0.4) is 0 Å². The first kappa shape index (κ1) is 13.4. The lowest BCUT2D eigenvalue weighted by molar-refractivity contribution is -0.145. The second-order valence-corrected chi connectivity index (χ2v) is 4.78. The number of carboxylic acids is 2. The van der Waals surface area contributed by atoms with Gasteiger partial charge in [-0.05, 0) is 37.5 Å². The highest BCUT2D eigenvalue weighted by molar-refractivity contribution is 5.94. The summed E-state index contributed by atoms with van der Waals surface area (Å²) in [6.45, 7) is 4.22. The second kappa shape index (κ2) is 4.57. The number of aliphatic carboxylic acids is 2. The van der Waals surface area contributed by atoms with Gasteiger partial charge in [0.25, 0.3) is 0 Å². The van der Waals surface area contributed by atoms with Crippen molar-refractivity contribution < 1.29 is 24.5 Å². The monoisotopic (exact) mass is 264 g/mol. The number of ether oxygens (including phenoxy) is 1. The number of aryl methyl sites for hydroxylation is 1. The van der Waals surface area contributed by atoms with Crippen LogP contribution < -0.4 is 4.74 Å². The third-order valence-electron chi connectivity index (χ3n) is 3.63. The van der Waals surface area contributed by atoms with Crippen molar-refractivity contribution >= 4 is 11.9 Å². The fourth-order valence-corrected chi connectivity index (χ4v) is 2.48. The van der Waals surface area contributed by atoms with Gasteiger partial charge in [0.1, 0.15) is 11.2 Å². The molecule has 2 atom stereocenters. The minimum atomic E-state index is -1.28. The van der Waals surface area contributed by atoms with E-state index in [4.69, 9.17) is 9.84 Å². The molecule has 1 saturated carbocycles. The van der Waals surface area contributed by atoms with Gasteiger partial charge >= 0.3 is 11.9 Å². The third-order valence-corrected chi connectivity index (χ3v) is 3.63. The van der Waals surface area contributed by atoms with Crippen LogP contribution in [0.4, 0.5) is 0 Å². The van der Waals surface area contributed by atoms with E-state index in [9.17, 15) is 14.7 Å². The molecular formula is C14H16O5. The Bertz CT molecular complexity index is 537. The molecule has 5 heteroatoms. The van der Waals surface area contributed by atoms with Crippen LogP contribution in [0.1, 0.15) is 24.5 Å². The summed E-state index contributed by atoms with van der Waals surface area (Å²) in [6, 6.07) is 5.06. The van der Waals surface area contributed by atoms with Gasteiger partial charge < -0.3 is 14.9 Å². The lowest BCUT2D eigenvalue weighted by Gasteiger charge is -2.14. The summed E-state index contributed by atoms with van der Waals surface area (Å²) in [5.41, 5.74) is 0.0748. The first-order chi connectivity index (χ1) is 8.93. The standard InChI is InChI=1S/C14H16O5/c1-3-19-11-5-4-9(6-8(11)2)14(13(17)18)7-10(14)12(15)16/h4-6,10H,3,7H2,1-2H3,(H,15,16)(H,17,18). The van der Waals surface area contributed by atoms with Crippen LogP contribution in [-0.4, -0.2) is 28.8 Å². The Morgan fingerprint density at radius 2 is 2.11 bits per heavy atom. The molecule has 1 aromatic rings. The van der Waals surface area contributed by atoms with E-state index >= 15 is 0 Å². The Morgan fingerprint density at radius 1 is 1.42 bits per heavy atom. The van der Waals surface area contributed by atoms with E-state index in [0.29, 0.717) is 17.9 Å². The molecule has 2 rings (SSSR count). The molecule has 5 nitrogen and oxygen atoms in total. The molecule has 2 unspecified atom stereocenters. The van der Waals surface area contributed by atoms with Crippen molar-refractivity contribution in [1.29, 1.82) is 0 Å². The van der Waals surface area contributed by atoms with Crippen molar-refractivity contribution in [2.24, 2.45) is 5.92 Å². The molecule has 1 fully saturated rings. The van der Waals surface area contributed by atoms with Crippen molar-refractivity contribution in [1.82, 2.24) is 0 Å². The predicted molar refractivity (Wildman–Crippen MR) is 67.4 cm³/mol. The van der Waals surface area contributed by atoms with Crippen LogP contribution >= 0.6 is 0 Å². The molecule has 0 aromatic heterocycles. The molecular weight excluding hydrogens is 248 g/mol. The molecule has 2 N–H and O–H groups in total. The minimum absolute atomic E-state index is 0.144. The number of hydrogen-bond acceptors (Lipinski definition) is 3. The SMILES string of the molecule is CCOc1ccc(C2(C(=O)O)CC2C(=O)O)cc1C. The van der Waals surface area contributed by atoms with Crippen LogP contribution in [0, 0.1) is 12.8 Å². The largest absolute Gasteiger partial charge is 0.494 e. The summed E-state index contributed by atoms with van der Waals surface area (Å²) in [4.78, 5) is 22.4. The number of carbonyl (C=O) groups is 2. The number of carboxylic acid groups (broad SMARTS) is 2. The van der Waals surface area contributed by atoms with Crippen molar-refractivity contribution in [3.63, 3.8) is 0 Å². The summed E-state index contributed by atoms with van der Waals surface area (Å²) in [5, 5.41) is 18.4. The normalized spacial score (nSPS) is 24.8. The van der Waals surface area contributed by atoms with Crippen molar-refractivity contribution in [2.45, 2.75) is 25.7 Å². The van der Waals surface area contributed by atoms with Crippen LogP contribution in [-0.2, 0) is 15.0 Å². The van der Waals surface area contributed by atoms with Crippen LogP contribution in [0.5, 0.6) is 5.75 Å². The van der Waals surface area contributed by atoms with Crippen molar-refractivity contribution in [3.05, 3.63) is 29.3 Å². The zero-order chi connectivity index (χ0) is 14.2. The van der Waals surface area contributed by atoms with Gasteiger partial charge in [-0.2, -0.15) is 0 Å². The maximum atomic E-state index is 11.4. The Hall–Kier alpha value is -2.04. The number of benzene rings is 1. The molecule has 19 heavy (non-hydrogen) atoms. The molecule has 1 aliphatic carbocycles. The molecule has 1 aliphatic rings. The van der Waals surface area contributed by atoms with Crippen molar-refractivity contribution in [3.8, 4) is 5.75 Å². The lowest BCUT2D eigenvalue weighted by atomic mass is 9.92. The fraction of sp³-hybridized carbons (Fsp3) is 0.429. The summed E-state index contributed by atoms with van der Waals surface area (Å²) in [7, 11) is 0. The van der Waals surface area contributed by atoms with E-state index in [1.807, 2.05) is 13.8 Å². The zero-order valence-electron chi connectivity index (χ0n) is 10.8. The van der Waals surface area contributed by atoms with E-state index in [1.54, 1.807) is 18.2 Å². The summed E-state index contributed by atoms with van der Waals surface area (Å²) in [6.07, 6.45) is 0.144. The number of hydrogen-bond donors (Lipinski definition) is 2. The molecule has 0 radical (unpaired) electrons. The second-order valence-electron chi connectivity index (χ2n) is 4.78. The van der Waals surface area contributed by atoms with Crippen molar-refractivity contribution in [2.75, 3.05) is 6.61 Å². The summed E-state index contributed by atoms with van der Waals surface area (Å²) >= 11 is 0. The number of rotatable bonds is 5. The lowest BCUT2D eigenvalue weighted by Crippen LogP contribution is -2.25. The van der Waals surface area contributed by atoms with Gasteiger partial charge in [-0.25, -0.2) is 0 Å². The Labute approximate surface area is 110 Å². The third kappa shape index (κ3) is 2.05. The average Bonchev–Trinajstić information content (AvgIpc) is 3.08. The van der Waals surface area contributed by atoms with E-state index < -0.39 is 23.3 Å². The molecule has 0 bridgehead atoms. The van der Waals surface area contributed by atoms with Gasteiger partial charge in [0.2, 0.25) is 0 Å². The van der Waals surface area contributed by atoms with Gasteiger partial charge in [0, 0.05) is 0 Å². The van der Waals surface area contributed by atoms with Gasteiger partial charge in [-0.3, -0.25) is 9.59 Å². The first-order valence-electron chi connectivity index (χ1n) is 6.13.